The summed E-state index contributed by atoms with van der Waals surface area (Å²) in [5, 5.41) is 17.5. The van der Waals surface area contributed by atoms with Crippen molar-refractivity contribution in [3.63, 3.8) is 0 Å². The molecule has 144 valence electrons. The monoisotopic (exact) mass is 391 g/mol. The number of halogens is 1. The van der Waals surface area contributed by atoms with E-state index in [4.69, 9.17) is 16.3 Å². The Morgan fingerprint density at radius 2 is 1.89 bits per heavy atom. The highest BCUT2D eigenvalue weighted by Gasteiger charge is 2.18. The quantitative estimate of drug-likeness (QED) is 0.520. The van der Waals surface area contributed by atoms with Crippen LogP contribution in [0.25, 0.3) is 0 Å². The van der Waals surface area contributed by atoms with E-state index in [2.05, 4.69) is 24.5 Å². The summed E-state index contributed by atoms with van der Waals surface area (Å²) in [7, 11) is 1.39. The molecule has 0 radical (unpaired) electrons. The highest BCUT2D eigenvalue weighted by Crippen LogP contribution is 2.29. The standard InChI is InChI=1S/C19H22ClN3O4/c1-12(2)19(13-4-6-14(20)7-5-13)21-11-18(24)22-16-9-8-15(23(25)26)10-17(16)27-3/h4-10,12,19,21H,11H2,1-3H3,(H,22,24). The Morgan fingerprint density at radius 1 is 1.22 bits per heavy atom. The zero-order chi connectivity index (χ0) is 20.0. The molecule has 2 rings (SSSR count). The maximum absolute atomic E-state index is 12.3. The Morgan fingerprint density at radius 3 is 2.44 bits per heavy atom. The number of non-ortho nitro benzene ring substituents is 1. The van der Waals surface area contributed by atoms with Gasteiger partial charge in [-0.1, -0.05) is 37.6 Å². The predicted molar refractivity (Wildman–Crippen MR) is 105 cm³/mol. The largest absolute Gasteiger partial charge is 0.494 e. The van der Waals surface area contributed by atoms with E-state index in [1.54, 1.807) is 0 Å². The van der Waals surface area contributed by atoms with Crippen molar-refractivity contribution in [3.05, 3.63) is 63.2 Å². The molecule has 0 aliphatic heterocycles. The lowest BCUT2D eigenvalue weighted by molar-refractivity contribution is -0.384. The predicted octanol–water partition coefficient (Wildman–Crippen LogP) is 4.18. The van der Waals surface area contributed by atoms with Crippen LogP contribution in [0.15, 0.2) is 42.5 Å². The first-order chi connectivity index (χ1) is 12.8. The lowest BCUT2D eigenvalue weighted by atomic mass is 9.96. The number of ether oxygens (including phenoxy) is 1. The van der Waals surface area contributed by atoms with Gasteiger partial charge in [0.2, 0.25) is 5.91 Å². The summed E-state index contributed by atoms with van der Waals surface area (Å²) in [6.45, 7) is 4.19. The van der Waals surface area contributed by atoms with Crippen LogP contribution in [-0.4, -0.2) is 24.5 Å². The SMILES string of the molecule is COc1cc([N+](=O)[O-])ccc1NC(=O)CNC(c1ccc(Cl)cc1)C(C)C. The number of benzene rings is 2. The van der Waals surface area contributed by atoms with Crippen LogP contribution in [0.3, 0.4) is 0 Å². The molecule has 7 nitrogen and oxygen atoms in total. The maximum atomic E-state index is 12.3. The van der Waals surface area contributed by atoms with Gasteiger partial charge in [-0.3, -0.25) is 14.9 Å². The molecule has 1 unspecified atom stereocenters. The summed E-state index contributed by atoms with van der Waals surface area (Å²) in [4.78, 5) is 22.7. The molecule has 0 aliphatic rings. The minimum absolute atomic E-state index is 0.0215. The highest BCUT2D eigenvalue weighted by atomic mass is 35.5. The van der Waals surface area contributed by atoms with Crippen LogP contribution in [-0.2, 0) is 4.79 Å². The number of methoxy groups -OCH3 is 1. The third-order valence-electron chi connectivity index (χ3n) is 4.05. The number of hydrogen-bond acceptors (Lipinski definition) is 5. The first-order valence-corrected chi connectivity index (χ1v) is 8.80. The number of hydrogen-bond donors (Lipinski definition) is 2. The Bertz CT molecular complexity index is 809. The number of carbonyl (C=O) groups is 1. The molecular formula is C19H22ClN3O4. The van der Waals surface area contributed by atoms with Crippen LogP contribution in [0.4, 0.5) is 11.4 Å². The molecule has 0 spiro atoms. The van der Waals surface area contributed by atoms with E-state index in [0.29, 0.717) is 10.7 Å². The van der Waals surface area contributed by atoms with E-state index in [1.165, 1.54) is 25.3 Å². The number of carbonyl (C=O) groups excluding carboxylic acids is 1. The molecule has 0 fully saturated rings. The molecule has 1 amide bonds. The number of nitro groups is 1. The molecular weight excluding hydrogens is 370 g/mol. The molecule has 0 aliphatic carbocycles. The van der Waals surface area contributed by atoms with Crippen molar-refractivity contribution < 1.29 is 14.5 Å². The van der Waals surface area contributed by atoms with Gasteiger partial charge in [0.15, 0.2) is 0 Å². The molecule has 1 atom stereocenters. The first-order valence-electron chi connectivity index (χ1n) is 8.43. The van der Waals surface area contributed by atoms with Crippen LogP contribution in [0, 0.1) is 16.0 Å². The van der Waals surface area contributed by atoms with E-state index in [0.717, 1.165) is 5.56 Å². The first kappa shape index (κ1) is 20.7. The Labute approximate surface area is 162 Å². The van der Waals surface area contributed by atoms with Gasteiger partial charge in [0.05, 0.1) is 30.3 Å². The number of nitro benzene ring substituents is 1. The van der Waals surface area contributed by atoms with Gasteiger partial charge in [-0.2, -0.15) is 0 Å². The fourth-order valence-electron chi connectivity index (χ4n) is 2.70. The van der Waals surface area contributed by atoms with Crippen molar-refractivity contribution in [3.8, 4) is 5.75 Å². The molecule has 0 saturated carbocycles. The minimum atomic E-state index is -0.519. The molecule has 0 saturated heterocycles. The third-order valence-corrected chi connectivity index (χ3v) is 4.30. The van der Waals surface area contributed by atoms with Crippen molar-refractivity contribution in [1.29, 1.82) is 0 Å². The van der Waals surface area contributed by atoms with Gasteiger partial charge in [-0.05, 0) is 29.7 Å². The highest BCUT2D eigenvalue weighted by molar-refractivity contribution is 6.30. The average molecular weight is 392 g/mol. The number of nitrogens with zero attached hydrogens (tertiary/aromatic N) is 1. The molecule has 27 heavy (non-hydrogen) atoms. The number of nitrogens with one attached hydrogen (secondary N) is 2. The normalized spacial score (nSPS) is 11.9. The molecule has 0 aromatic heterocycles. The van der Waals surface area contributed by atoms with Crippen LogP contribution in [0.5, 0.6) is 5.75 Å². The van der Waals surface area contributed by atoms with Gasteiger partial charge in [-0.15, -0.1) is 0 Å². The summed E-state index contributed by atoms with van der Waals surface area (Å²) in [6.07, 6.45) is 0. The van der Waals surface area contributed by atoms with E-state index in [-0.39, 0.29) is 35.8 Å². The smallest absolute Gasteiger partial charge is 0.273 e. The zero-order valence-electron chi connectivity index (χ0n) is 15.4. The maximum Gasteiger partial charge on any atom is 0.273 e. The van der Waals surface area contributed by atoms with Gasteiger partial charge in [0, 0.05) is 17.1 Å². The van der Waals surface area contributed by atoms with Crippen molar-refractivity contribution >= 4 is 28.9 Å². The molecule has 0 bridgehead atoms. The van der Waals surface area contributed by atoms with E-state index < -0.39 is 4.92 Å². The van der Waals surface area contributed by atoms with Crippen LogP contribution in [0.1, 0.15) is 25.5 Å². The van der Waals surface area contributed by atoms with Gasteiger partial charge in [0.25, 0.3) is 5.69 Å². The van der Waals surface area contributed by atoms with Gasteiger partial charge in [0.1, 0.15) is 5.75 Å². The molecule has 0 heterocycles. The Balaban J connectivity index is 2.04. The molecule has 2 aromatic carbocycles. The number of rotatable bonds is 8. The molecule has 2 aromatic rings. The minimum Gasteiger partial charge on any atom is -0.494 e. The summed E-state index contributed by atoms with van der Waals surface area (Å²) < 4.78 is 5.13. The van der Waals surface area contributed by atoms with E-state index in [1.807, 2.05) is 24.3 Å². The average Bonchev–Trinajstić information content (AvgIpc) is 2.63. The van der Waals surface area contributed by atoms with Crippen molar-refractivity contribution in [2.45, 2.75) is 19.9 Å². The summed E-state index contributed by atoms with van der Waals surface area (Å²) in [5.74, 6) is 0.213. The topological polar surface area (TPSA) is 93.5 Å². The summed E-state index contributed by atoms with van der Waals surface area (Å²) in [5.41, 5.74) is 1.31. The van der Waals surface area contributed by atoms with Gasteiger partial charge in [-0.25, -0.2) is 0 Å². The second kappa shape index (κ2) is 9.34. The molecule has 8 heteroatoms. The van der Waals surface area contributed by atoms with E-state index in [9.17, 15) is 14.9 Å². The second-order valence-corrected chi connectivity index (χ2v) is 6.78. The fraction of sp³-hybridized carbons (Fsp3) is 0.316. The van der Waals surface area contributed by atoms with Gasteiger partial charge >= 0.3 is 0 Å². The van der Waals surface area contributed by atoms with Crippen LogP contribution in [0.2, 0.25) is 5.02 Å². The Hall–Kier alpha value is -2.64. The number of anilines is 1. The van der Waals surface area contributed by atoms with Crippen LogP contribution >= 0.6 is 11.6 Å². The van der Waals surface area contributed by atoms with E-state index >= 15 is 0 Å². The lowest BCUT2D eigenvalue weighted by Crippen LogP contribution is -2.33. The zero-order valence-corrected chi connectivity index (χ0v) is 16.1. The van der Waals surface area contributed by atoms with Crippen molar-refractivity contribution in [2.24, 2.45) is 5.92 Å². The number of amides is 1. The van der Waals surface area contributed by atoms with Crippen LogP contribution < -0.4 is 15.4 Å². The summed E-state index contributed by atoms with van der Waals surface area (Å²) >= 11 is 5.93. The second-order valence-electron chi connectivity index (χ2n) is 6.34. The van der Waals surface area contributed by atoms with Crippen molar-refractivity contribution in [2.75, 3.05) is 19.0 Å². The fourth-order valence-corrected chi connectivity index (χ4v) is 2.83. The lowest BCUT2D eigenvalue weighted by Gasteiger charge is -2.23. The Kier molecular flexibility index (Phi) is 7.15. The molecule has 2 N–H and O–H groups in total. The summed E-state index contributed by atoms with van der Waals surface area (Å²) in [6, 6.07) is 11.5. The van der Waals surface area contributed by atoms with Gasteiger partial charge < -0.3 is 15.4 Å². The van der Waals surface area contributed by atoms with Crippen molar-refractivity contribution in [1.82, 2.24) is 5.32 Å². The third kappa shape index (κ3) is 5.67.